The van der Waals surface area contributed by atoms with Gasteiger partial charge in [0.25, 0.3) is 0 Å². The average Bonchev–Trinajstić information content (AvgIpc) is 3.54. The second kappa shape index (κ2) is 8.71. The fourth-order valence-corrected chi connectivity index (χ4v) is 5.74. The maximum Gasteiger partial charge on any atom is 0.212 e. The van der Waals surface area contributed by atoms with Crippen molar-refractivity contribution in [3.05, 3.63) is 60.2 Å². The topological polar surface area (TPSA) is 120 Å². The summed E-state index contributed by atoms with van der Waals surface area (Å²) in [6.07, 6.45) is 6.79. The Morgan fingerprint density at radius 3 is 2.63 bits per heavy atom. The van der Waals surface area contributed by atoms with Gasteiger partial charge in [-0.15, -0.1) is 5.10 Å². The highest BCUT2D eigenvalue weighted by Gasteiger charge is 2.44. The molecule has 8 rings (SSSR count). The van der Waals surface area contributed by atoms with E-state index in [1.54, 1.807) is 24.9 Å². The Balaban J connectivity index is 1.13. The van der Waals surface area contributed by atoms with Gasteiger partial charge in [-0.25, -0.2) is 14.5 Å². The van der Waals surface area contributed by atoms with Crippen molar-refractivity contribution >= 4 is 22.4 Å². The zero-order valence-corrected chi connectivity index (χ0v) is 21.0. The molecule has 3 aliphatic heterocycles. The van der Waals surface area contributed by atoms with E-state index in [0.29, 0.717) is 40.4 Å². The summed E-state index contributed by atoms with van der Waals surface area (Å²) in [4.78, 5) is 14.1. The van der Waals surface area contributed by atoms with Crippen LogP contribution in [0.1, 0.15) is 17.7 Å². The predicted octanol–water partition coefficient (Wildman–Crippen LogP) is 3.02. The van der Waals surface area contributed by atoms with Crippen molar-refractivity contribution in [1.29, 1.82) is 5.26 Å². The second-order valence-electron chi connectivity index (χ2n) is 9.73. The number of fused-ring (bicyclic) bond motifs is 5. The lowest BCUT2D eigenvalue weighted by atomic mass is 9.87. The number of hydrogen-bond donors (Lipinski definition) is 1. The highest BCUT2D eigenvalue weighted by atomic mass is 16.5. The Morgan fingerprint density at radius 1 is 1.08 bits per heavy atom. The summed E-state index contributed by atoms with van der Waals surface area (Å²) < 4.78 is 12.4. The van der Waals surface area contributed by atoms with Crippen LogP contribution >= 0.6 is 0 Å². The molecule has 3 aliphatic rings. The Bertz CT molecular complexity index is 1670. The molecule has 8 heterocycles. The molecule has 2 atom stereocenters. The van der Waals surface area contributed by atoms with Gasteiger partial charge in [-0.1, -0.05) is 6.07 Å². The highest BCUT2D eigenvalue weighted by Crippen LogP contribution is 2.37. The lowest BCUT2D eigenvalue weighted by Gasteiger charge is -2.56. The summed E-state index contributed by atoms with van der Waals surface area (Å²) in [7, 11) is 3.26. The number of aromatic nitrogens is 6. The van der Waals surface area contributed by atoms with E-state index >= 15 is 0 Å². The van der Waals surface area contributed by atoms with Crippen LogP contribution in [0.25, 0.3) is 27.7 Å². The number of nitrogens with zero attached hydrogens (tertiary/aromatic N) is 8. The van der Waals surface area contributed by atoms with E-state index in [0.717, 1.165) is 42.1 Å². The molecule has 0 aromatic carbocycles. The van der Waals surface area contributed by atoms with E-state index in [2.05, 4.69) is 54.3 Å². The van der Waals surface area contributed by atoms with Gasteiger partial charge in [0, 0.05) is 61.3 Å². The number of nitrogens with one attached hydrogen (secondary N) is 1. The quantitative estimate of drug-likeness (QED) is 0.370. The number of hydrogen-bond acceptors (Lipinski definition) is 9. The standard InChI is InChI=1S/C27H25N9O2/c1-37-20-8-21(26-25-22(9-28)31-32-27(25)33-36(26)15-20)17-4-5-23(29-11-17)34-13-18-7-19(14-34)35(18)12-16-3-6-24(38-2)30-10-16/h3-6,8,10-11,15,18-19H,7,12-14H2,1-2H3,(H,32,33). The first-order valence-corrected chi connectivity index (χ1v) is 12.5. The Labute approximate surface area is 218 Å². The summed E-state index contributed by atoms with van der Waals surface area (Å²) in [6.45, 7) is 2.79. The minimum atomic E-state index is 0.313. The third kappa shape index (κ3) is 3.53. The van der Waals surface area contributed by atoms with Gasteiger partial charge in [-0.3, -0.25) is 10.00 Å². The van der Waals surface area contributed by atoms with Crippen LogP contribution in [0.4, 0.5) is 5.82 Å². The van der Waals surface area contributed by atoms with Gasteiger partial charge < -0.3 is 14.4 Å². The van der Waals surface area contributed by atoms with E-state index in [1.165, 1.54) is 12.0 Å². The number of piperazine rings is 1. The maximum atomic E-state index is 9.57. The summed E-state index contributed by atoms with van der Waals surface area (Å²) in [5.41, 5.74) is 4.66. The molecule has 0 radical (unpaired) electrons. The van der Waals surface area contributed by atoms with Gasteiger partial charge in [-0.2, -0.15) is 10.4 Å². The van der Waals surface area contributed by atoms with E-state index in [-0.39, 0.29) is 0 Å². The van der Waals surface area contributed by atoms with Crippen LogP contribution in [0.5, 0.6) is 11.6 Å². The number of pyridine rings is 3. The maximum absolute atomic E-state index is 9.57. The Hall–Kier alpha value is -4.69. The lowest BCUT2D eigenvalue weighted by Crippen LogP contribution is -2.68. The number of piperidine rings is 1. The van der Waals surface area contributed by atoms with Gasteiger partial charge in [0.1, 0.15) is 17.6 Å². The molecule has 1 N–H and O–H groups in total. The monoisotopic (exact) mass is 507 g/mol. The van der Waals surface area contributed by atoms with E-state index < -0.39 is 0 Å². The molecule has 11 heteroatoms. The number of rotatable bonds is 6. The van der Waals surface area contributed by atoms with Crippen LogP contribution in [-0.2, 0) is 6.54 Å². The molecule has 0 spiro atoms. The normalized spacial score (nSPS) is 18.9. The van der Waals surface area contributed by atoms with Crippen molar-refractivity contribution in [2.24, 2.45) is 0 Å². The fraction of sp³-hybridized carbons (Fsp3) is 0.296. The molecule has 38 heavy (non-hydrogen) atoms. The largest absolute Gasteiger partial charge is 0.495 e. The van der Waals surface area contributed by atoms with E-state index in [4.69, 9.17) is 14.5 Å². The molecule has 3 fully saturated rings. The molecule has 5 aromatic rings. The lowest BCUT2D eigenvalue weighted by molar-refractivity contribution is -0.00876. The van der Waals surface area contributed by atoms with Crippen LogP contribution in [-0.4, -0.2) is 74.1 Å². The number of aromatic amines is 1. The average molecular weight is 508 g/mol. The first-order valence-electron chi connectivity index (χ1n) is 12.5. The van der Waals surface area contributed by atoms with Gasteiger partial charge in [-0.05, 0) is 30.2 Å². The summed E-state index contributed by atoms with van der Waals surface area (Å²) in [6, 6.07) is 13.3. The summed E-state index contributed by atoms with van der Waals surface area (Å²) in [5, 5.41) is 21.8. The van der Waals surface area contributed by atoms with Gasteiger partial charge >= 0.3 is 0 Å². The molecule has 2 bridgehead atoms. The van der Waals surface area contributed by atoms with Gasteiger partial charge in [0.05, 0.1) is 31.3 Å². The van der Waals surface area contributed by atoms with Gasteiger partial charge in [0.2, 0.25) is 5.88 Å². The minimum Gasteiger partial charge on any atom is -0.495 e. The zero-order chi connectivity index (χ0) is 25.8. The smallest absolute Gasteiger partial charge is 0.212 e. The molecular formula is C27H25N9O2. The Morgan fingerprint density at radius 2 is 1.95 bits per heavy atom. The molecule has 3 saturated heterocycles. The Kier molecular flexibility index (Phi) is 5.16. The number of H-pyrrole nitrogens is 1. The van der Waals surface area contributed by atoms with Crippen LogP contribution in [0.15, 0.2) is 48.9 Å². The first-order chi connectivity index (χ1) is 18.6. The SMILES string of the molecule is COc1cc(-c2ccc(N3CC4CC(C3)N4Cc3ccc(OC)nc3)nc2)c2c3c(C#N)n[nH]c3nn2c1. The van der Waals surface area contributed by atoms with Crippen molar-refractivity contribution in [3.8, 4) is 28.8 Å². The van der Waals surface area contributed by atoms with Crippen LogP contribution < -0.4 is 14.4 Å². The van der Waals surface area contributed by atoms with Crippen molar-refractivity contribution in [2.75, 3.05) is 32.2 Å². The van der Waals surface area contributed by atoms with Crippen molar-refractivity contribution < 1.29 is 9.47 Å². The summed E-state index contributed by atoms with van der Waals surface area (Å²) in [5.74, 6) is 2.27. The molecule has 0 aliphatic carbocycles. The van der Waals surface area contributed by atoms with Crippen LogP contribution in [0, 0.1) is 11.3 Å². The third-order valence-electron chi connectivity index (χ3n) is 7.65. The number of methoxy groups -OCH3 is 2. The highest BCUT2D eigenvalue weighted by molar-refractivity contribution is 6.03. The number of nitriles is 1. The van der Waals surface area contributed by atoms with Crippen LogP contribution in [0.2, 0.25) is 0 Å². The van der Waals surface area contributed by atoms with E-state index in [1.807, 2.05) is 24.5 Å². The molecule has 11 nitrogen and oxygen atoms in total. The minimum absolute atomic E-state index is 0.313. The molecule has 0 saturated carbocycles. The van der Waals surface area contributed by atoms with Gasteiger partial charge in [0.15, 0.2) is 11.3 Å². The fourth-order valence-electron chi connectivity index (χ4n) is 5.74. The molecule has 190 valence electrons. The van der Waals surface area contributed by atoms with Crippen molar-refractivity contribution in [3.63, 3.8) is 0 Å². The molecule has 0 amide bonds. The number of anilines is 1. The predicted molar refractivity (Wildman–Crippen MR) is 140 cm³/mol. The molecule has 2 unspecified atom stereocenters. The second-order valence-corrected chi connectivity index (χ2v) is 9.73. The van der Waals surface area contributed by atoms with E-state index in [9.17, 15) is 5.26 Å². The first kappa shape index (κ1) is 22.5. The zero-order valence-electron chi connectivity index (χ0n) is 21.0. The van der Waals surface area contributed by atoms with Crippen molar-refractivity contribution in [1.82, 2.24) is 34.7 Å². The van der Waals surface area contributed by atoms with Crippen LogP contribution in [0.3, 0.4) is 0 Å². The molecular weight excluding hydrogens is 482 g/mol. The van der Waals surface area contributed by atoms with Crippen molar-refractivity contribution in [2.45, 2.75) is 25.0 Å². The third-order valence-corrected chi connectivity index (χ3v) is 7.65. The summed E-state index contributed by atoms with van der Waals surface area (Å²) >= 11 is 0. The molecule has 5 aromatic heterocycles. The number of ether oxygens (including phenoxy) is 2.